The molecule has 4 bridgehead atoms. The molecule has 0 saturated heterocycles. The highest BCUT2D eigenvalue weighted by molar-refractivity contribution is 7.89. The van der Waals surface area contributed by atoms with Crippen LogP contribution >= 0.6 is 0 Å². The van der Waals surface area contributed by atoms with E-state index >= 15 is 0 Å². The third kappa shape index (κ3) is 2.43. The Morgan fingerprint density at radius 3 is 2.40 bits per heavy atom. The first-order chi connectivity index (χ1) is 12.0. The molecule has 4 aliphatic carbocycles. The molecule has 0 radical (unpaired) electrons. The third-order valence-electron chi connectivity index (χ3n) is 6.87. The maximum absolute atomic E-state index is 13.0. The molecule has 1 N–H and O–H groups in total. The number of hydrogen-bond acceptors (Lipinski definition) is 5. The zero-order valence-corrected chi connectivity index (χ0v) is 15.1. The molecule has 0 amide bonds. The van der Waals surface area contributed by atoms with Gasteiger partial charge in [-0.15, -0.1) is 0 Å². The molecule has 1 aromatic carbocycles. The Kier molecular flexibility index (Phi) is 3.32. The van der Waals surface area contributed by atoms with Gasteiger partial charge in [-0.05, 0) is 91.1 Å². The molecule has 0 spiro atoms. The smallest absolute Gasteiger partial charge is 0.243 e. The van der Waals surface area contributed by atoms with Gasteiger partial charge in [0.15, 0.2) is 5.52 Å². The first-order valence-electron chi connectivity index (χ1n) is 9.19. The molecule has 1 unspecified atom stereocenters. The van der Waals surface area contributed by atoms with Crippen molar-refractivity contribution in [3.05, 3.63) is 18.2 Å². The monoisotopic (exact) mass is 361 g/mol. The first kappa shape index (κ1) is 15.8. The van der Waals surface area contributed by atoms with E-state index in [0.29, 0.717) is 11.0 Å². The number of sulfonamides is 1. The lowest BCUT2D eigenvalue weighted by Gasteiger charge is -2.59. The molecule has 4 fully saturated rings. The minimum Gasteiger partial charge on any atom is -0.243 e. The average molecular weight is 361 g/mol. The molecule has 25 heavy (non-hydrogen) atoms. The van der Waals surface area contributed by atoms with Gasteiger partial charge in [-0.2, -0.15) is 0 Å². The molecule has 0 aliphatic heterocycles. The Morgan fingerprint density at radius 2 is 1.76 bits per heavy atom. The second-order valence-electron chi connectivity index (χ2n) is 8.51. The van der Waals surface area contributed by atoms with Gasteiger partial charge >= 0.3 is 0 Å². The number of aromatic nitrogens is 2. The SMILES string of the molecule is CC(NS(=O)(=O)c1cccc2nonc12)C12CC3CC(CC(C3)C1)C2. The highest BCUT2D eigenvalue weighted by Gasteiger charge is 2.53. The van der Waals surface area contributed by atoms with Crippen LogP contribution < -0.4 is 4.72 Å². The Labute approximate surface area is 147 Å². The fourth-order valence-corrected chi connectivity index (χ4v) is 7.62. The molecular formula is C18H23N3O3S. The summed E-state index contributed by atoms with van der Waals surface area (Å²) < 4.78 is 33.7. The van der Waals surface area contributed by atoms with Gasteiger partial charge in [0, 0.05) is 6.04 Å². The van der Waals surface area contributed by atoms with Gasteiger partial charge in [-0.1, -0.05) is 6.07 Å². The molecular weight excluding hydrogens is 338 g/mol. The van der Waals surface area contributed by atoms with Crippen LogP contribution in [-0.2, 0) is 10.0 Å². The summed E-state index contributed by atoms with van der Waals surface area (Å²) in [7, 11) is -3.66. The number of fused-ring (bicyclic) bond motifs is 1. The van der Waals surface area contributed by atoms with E-state index in [-0.39, 0.29) is 16.4 Å². The maximum Gasteiger partial charge on any atom is 0.243 e. The van der Waals surface area contributed by atoms with Crippen molar-refractivity contribution >= 4 is 21.1 Å². The molecule has 1 heterocycles. The van der Waals surface area contributed by atoms with E-state index in [1.54, 1.807) is 18.2 Å². The summed E-state index contributed by atoms with van der Waals surface area (Å²) >= 11 is 0. The van der Waals surface area contributed by atoms with E-state index in [9.17, 15) is 8.42 Å². The standard InChI is InChI=1S/C18H23N3O3S/c1-11(18-8-12-5-13(9-18)7-14(6-12)10-18)21-25(22,23)16-4-2-3-15-17(16)20-24-19-15/h2-4,11-14,21H,5-10H2,1H3. The Morgan fingerprint density at radius 1 is 1.12 bits per heavy atom. The van der Waals surface area contributed by atoms with Gasteiger partial charge in [0.2, 0.25) is 10.0 Å². The third-order valence-corrected chi connectivity index (χ3v) is 8.45. The fraction of sp³-hybridized carbons (Fsp3) is 0.667. The Hall–Kier alpha value is -1.47. The van der Waals surface area contributed by atoms with Crippen LogP contribution in [0.1, 0.15) is 45.4 Å². The van der Waals surface area contributed by atoms with Crippen LogP contribution in [0.4, 0.5) is 0 Å². The highest BCUT2D eigenvalue weighted by Crippen LogP contribution is 2.61. The van der Waals surface area contributed by atoms with E-state index in [4.69, 9.17) is 4.63 Å². The van der Waals surface area contributed by atoms with Crippen molar-refractivity contribution in [3.8, 4) is 0 Å². The van der Waals surface area contributed by atoms with Crippen molar-refractivity contribution in [2.24, 2.45) is 23.2 Å². The largest absolute Gasteiger partial charge is 0.243 e. The number of nitrogens with one attached hydrogen (secondary N) is 1. The zero-order valence-electron chi connectivity index (χ0n) is 14.3. The van der Waals surface area contributed by atoms with Gasteiger partial charge in [0.05, 0.1) is 0 Å². The maximum atomic E-state index is 13.0. The predicted octanol–water partition coefficient (Wildman–Crippen LogP) is 3.11. The van der Waals surface area contributed by atoms with Crippen LogP contribution in [0.3, 0.4) is 0 Å². The van der Waals surface area contributed by atoms with Crippen molar-refractivity contribution < 1.29 is 13.0 Å². The van der Waals surface area contributed by atoms with Gasteiger partial charge in [0.1, 0.15) is 10.4 Å². The molecule has 1 aromatic heterocycles. The van der Waals surface area contributed by atoms with Crippen LogP contribution in [0.2, 0.25) is 0 Å². The van der Waals surface area contributed by atoms with Gasteiger partial charge in [-0.25, -0.2) is 17.8 Å². The quantitative estimate of drug-likeness (QED) is 0.904. The predicted molar refractivity (Wildman–Crippen MR) is 92.2 cm³/mol. The summed E-state index contributed by atoms with van der Waals surface area (Å²) in [5, 5.41) is 7.53. The Bertz CT molecular complexity index is 885. The molecule has 6 rings (SSSR count). The number of benzene rings is 1. The normalized spacial score (nSPS) is 35.3. The van der Waals surface area contributed by atoms with Gasteiger partial charge < -0.3 is 0 Å². The summed E-state index contributed by atoms with van der Waals surface area (Å²) in [6, 6.07) is 4.88. The van der Waals surface area contributed by atoms with Gasteiger partial charge in [-0.3, -0.25) is 0 Å². The molecule has 6 nitrogen and oxygen atoms in total. The van der Waals surface area contributed by atoms with Crippen LogP contribution in [0, 0.1) is 23.2 Å². The van der Waals surface area contributed by atoms with E-state index in [1.165, 1.54) is 38.5 Å². The van der Waals surface area contributed by atoms with Crippen molar-refractivity contribution in [1.29, 1.82) is 0 Å². The summed E-state index contributed by atoms with van der Waals surface area (Å²) in [6.07, 6.45) is 7.54. The second-order valence-corrected chi connectivity index (χ2v) is 10.2. The minimum absolute atomic E-state index is 0.0685. The molecule has 4 saturated carbocycles. The van der Waals surface area contributed by atoms with E-state index in [1.807, 2.05) is 6.92 Å². The molecule has 7 heteroatoms. The van der Waals surface area contributed by atoms with Crippen LogP contribution in [0.15, 0.2) is 27.7 Å². The molecule has 2 aromatic rings. The van der Waals surface area contributed by atoms with E-state index < -0.39 is 10.0 Å². The van der Waals surface area contributed by atoms with Crippen molar-refractivity contribution in [2.75, 3.05) is 0 Å². The van der Waals surface area contributed by atoms with Gasteiger partial charge in [0.25, 0.3) is 0 Å². The summed E-state index contributed by atoms with van der Waals surface area (Å²) in [4.78, 5) is 0.155. The molecule has 1 atom stereocenters. The van der Waals surface area contributed by atoms with E-state index in [2.05, 4.69) is 15.0 Å². The minimum atomic E-state index is -3.66. The van der Waals surface area contributed by atoms with E-state index in [0.717, 1.165) is 17.8 Å². The summed E-state index contributed by atoms with van der Waals surface area (Å²) in [5.41, 5.74) is 0.885. The highest BCUT2D eigenvalue weighted by atomic mass is 32.2. The van der Waals surface area contributed by atoms with Crippen molar-refractivity contribution in [3.63, 3.8) is 0 Å². The number of nitrogens with zero attached hydrogens (tertiary/aromatic N) is 2. The first-order valence-corrected chi connectivity index (χ1v) is 10.7. The Balaban J connectivity index is 1.45. The summed E-state index contributed by atoms with van der Waals surface area (Å²) in [6.45, 7) is 2.05. The molecule has 134 valence electrons. The van der Waals surface area contributed by atoms with Crippen molar-refractivity contribution in [2.45, 2.75) is 56.4 Å². The lowest BCUT2D eigenvalue weighted by molar-refractivity contribution is -0.0666. The second kappa shape index (κ2) is 5.27. The van der Waals surface area contributed by atoms with Crippen LogP contribution in [-0.4, -0.2) is 24.8 Å². The van der Waals surface area contributed by atoms with Crippen molar-refractivity contribution in [1.82, 2.24) is 15.0 Å². The number of hydrogen-bond donors (Lipinski definition) is 1. The van der Waals surface area contributed by atoms with Crippen LogP contribution in [0.25, 0.3) is 11.0 Å². The lowest BCUT2D eigenvalue weighted by atomic mass is 9.48. The zero-order chi connectivity index (χ0) is 17.2. The fourth-order valence-electron chi connectivity index (χ4n) is 6.13. The van der Waals surface area contributed by atoms with Crippen LogP contribution in [0.5, 0.6) is 0 Å². The average Bonchev–Trinajstić information content (AvgIpc) is 3.01. The topological polar surface area (TPSA) is 85.1 Å². The number of rotatable bonds is 4. The molecule has 4 aliphatic rings. The lowest BCUT2D eigenvalue weighted by Crippen LogP contribution is -2.55. The summed E-state index contributed by atoms with van der Waals surface area (Å²) in [5.74, 6) is 2.38.